The van der Waals surface area contributed by atoms with Gasteiger partial charge in [-0.05, 0) is 31.0 Å². The Morgan fingerprint density at radius 1 is 1.47 bits per heavy atom. The number of aromatic nitrogens is 1. The van der Waals surface area contributed by atoms with Crippen molar-refractivity contribution >= 4 is 6.03 Å². The molecule has 0 spiro atoms. The van der Waals surface area contributed by atoms with Crippen LogP contribution in [0.3, 0.4) is 0 Å². The largest absolute Gasteiger partial charge is 0.320 e. The summed E-state index contributed by atoms with van der Waals surface area (Å²) < 4.78 is 0. The molecule has 3 heterocycles. The Labute approximate surface area is 113 Å². The lowest BCUT2D eigenvalue weighted by atomic mass is 10.1. The monoisotopic (exact) mass is 260 g/mol. The summed E-state index contributed by atoms with van der Waals surface area (Å²) in [6, 6.07) is 4.58. The lowest BCUT2D eigenvalue weighted by Crippen LogP contribution is -2.47. The zero-order chi connectivity index (χ0) is 13.2. The van der Waals surface area contributed by atoms with Crippen LogP contribution in [-0.4, -0.2) is 53.5 Å². The molecule has 2 aliphatic heterocycles. The molecule has 2 saturated heterocycles. The van der Waals surface area contributed by atoms with Crippen LogP contribution in [0.4, 0.5) is 4.79 Å². The fourth-order valence-electron chi connectivity index (χ4n) is 3.03. The number of nitrogens with zero attached hydrogens (tertiary/aromatic N) is 3. The van der Waals surface area contributed by atoms with Gasteiger partial charge in [0.05, 0.1) is 6.04 Å². The van der Waals surface area contributed by atoms with E-state index in [9.17, 15) is 4.79 Å². The lowest BCUT2D eigenvalue weighted by molar-refractivity contribution is 0.171. The summed E-state index contributed by atoms with van der Waals surface area (Å²) in [5.41, 5.74) is 1.12. The summed E-state index contributed by atoms with van der Waals surface area (Å²) in [6.45, 7) is 2.76. The van der Waals surface area contributed by atoms with Gasteiger partial charge in [0, 0.05) is 38.6 Å². The SMILES string of the molecule is CN1C(=O)N(C2CCCNC2)CC1c1cccnc1. The highest BCUT2D eigenvalue weighted by atomic mass is 16.2. The maximum Gasteiger partial charge on any atom is 0.320 e. The van der Waals surface area contributed by atoms with Crippen LogP contribution in [0.15, 0.2) is 24.5 Å². The van der Waals surface area contributed by atoms with E-state index in [-0.39, 0.29) is 12.1 Å². The first-order chi connectivity index (χ1) is 9.27. The van der Waals surface area contributed by atoms with Crippen LogP contribution >= 0.6 is 0 Å². The van der Waals surface area contributed by atoms with Crippen LogP contribution in [0.5, 0.6) is 0 Å². The van der Waals surface area contributed by atoms with Crippen molar-refractivity contribution in [3.63, 3.8) is 0 Å². The van der Waals surface area contributed by atoms with Gasteiger partial charge in [-0.15, -0.1) is 0 Å². The Hall–Kier alpha value is -1.62. The first kappa shape index (κ1) is 12.4. The molecule has 2 amide bonds. The molecule has 5 nitrogen and oxygen atoms in total. The Kier molecular flexibility index (Phi) is 3.38. The smallest absolute Gasteiger partial charge is 0.319 e. The van der Waals surface area contributed by atoms with Gasteiger partial charge in [-0.3, -0.25) is 4.98 Å². The average molecular weight is 260 g/mol. The number of carbonyl (C=O) groups excluding carboxylic acids is 1. The molecule has 0 saturated carbocycles. The van der Waals surface area contributed by atoms with Gasteiger partial charge >= 0.3 is 6.03 Å². The van der Waals surface area contributed by atoms with Crippen molar-refractivity contribution < 1.29 is 4.79 Å². The molecule has 102 valence electrons. The number of nitrogens with one attached hydrogen (secondary N) is 1. The number of likely N-dealkylation sites (N-methyl/N-ethyl adjacent to an activating group) is 1. The van der Waals surface area contributed by atoms with Crippen molar-refractivity contribution in [2.45, 2.75) is 24.9 Å². The summed E-state index contributed by atoms with van der Waals surface area (Å²) >= 11 is 0. The van der Waals surface area contributed by atoms with Crippen LogP contribution in [-0.2, 0) is 0 Å². The van der Waals surface area contributed by atoms with Crippen LogP contribution in [0.1, 0.15) is 24.4 Å². The second-order valence-electron chi connectivity index (χ2n) is 5.35. The van der Waals surface area contributed by atoms with Gasteiger partial charge < -0.3 is 15.1 Å². The number of hydrogen-bond acceptors (Lipinski definition) is 3. The van der Waals surface area contributed by atoms with Gasteiger partial charge in [0.25, 0.3) is 0 Å². The van der Waals surface area contributed by atoms with Gasteiger partial charge in [0.15, 0.2) is 0 Å². The molecule has 1 N–H and O–H groups in total. The van der Waals surface area contributed by atoms with Crippen molar-refractivity contribution in [2.75, 3.05) is 26.7 Å². The summed E-state index contributed by atoms with van der Waals surface area (Å²) in [4.78, 5) is 20.4. The van der Waals surface area contributed by atoms with Gasteiger partial charge in [-0.2, -0.15) is 0 Å². The Morgan fingerprint density at radius 2 is 2.37 bits per heavy atom. The maximum absolute atomic E-state index is 12.4. The molecule has 5 heteroatoms. The molecule has 2 fully saturated rings. The Morgan fingerprint density at radius 3 is 3.05 bits per heavy atom. The van der Waals surface area contributed by atoms with E-state index in [4.69, 9.17) is 0 Å². The number of pyridine rings is 1. The van der Waals surface area contributed by atoms with Crippen molar-refractivity contribution in [3.05, 3.63) is 30.1 Å². The van der Waals surface area contributed by atoms with Crippen LogP contribution in [0, 0.1) is 0 Å². The molecule has 0 aliphatic carbocycles. The number of rotatable bonds is 2. The van der Waals surface area contributed by atoms with Crippen LogP contribution in [0.2, 0.25) is 0 Å². The van der Waals surface area contributed by atoms with Gasteiger partial charge in [0.2, 0.25) is 0 Å². The van der Waals surface area contributed by atoms with E-state index in [1.165, 1.54) is 0 Å². The third-order valence-electron chi connectivity index (χ3n) is 4.17. The standard InChI is InChI=1S/C14H20N4O/c1-17-13(11-4-2-6-15-8-11)10-18(14(17)19)12-5-3-7-16-9-12/h2,4,6,8,12-13,16H,3,5,7,9-10H2,1H3. The first-order valence-electron chi connectivity index (χ1n) is 6.91. The van der Waals surface area contributed by atoms with Gasteiger partial charge in [-0.25, -0.2) is 4.79 Å². The fourth-order valence-corrected chi connectivity index (χ4v) is 3.03. The molecule has 2 aliphatic rings. The van der Waals surface area contributed by atoms with Gasteiger partial charge in [-0.1, -0.05) is 6.07 Å². The fraction of sp³-hybridized carbons (Fsp3) is 0.571. The first-order valence-corrected chi connectivity index (χ1v) is 6.91. The topological polar surface area (TPSA) is 48.5 Å². The second-order valence-corrected chi connectivity index (χ2v) is 5.35. The molecule has 2 atom stereocenters. The summed E-state index contributed by atoms with van der Waals surface area (Å²) in [7, 11) is 1.89. The zero-order valence-electron chi connectivity index (χ0n) is 11.2. The third-order valence-corrected chi connectivity index (χ3v) is 4.17. The molecule has 0 aromatic carbocycles. The lowest BCUT2D eigenvalue weighted by Gasteiger charge is -2.30. The Bertz CT molecular complexity index is 444. The second kappa shape index (κ2) is 5.17. The minimum atomic E-state index is 0.128. The van der Waals surface area contributed by atoms with E-state index in [2.05, 4.69) is 10.3 Å². The third kappa shape index (κ3) is 2.30. The number of carbonyl (C=O) groups is 1. The maximum atomic E-state index is 12.4. The van der Waals surface area contributed by atoms with Crippen molar-refractivity contribution in [2.24, 2.45) is 0 Å². The van der Waals surface area contributed by atoms with E-state index >= 15 is 0 Å². The molecular formula is C14H20N4O. The van der Waals surface area contributed by atoms with Crippen LogP contribution in [0.25, 0.3) is 0 Å². The minimum Gasteiger partial charge on any atom is -0.319 e. The summed E-state index contributed by atoms with van der Waals surface area (Å²) in [5.74, 6) is 0. The average Bonchev–Trinajstić information content (AvgIpc) is 2.77. The highest BCUT2D eigenvalue weighted by Crippen LogP contribution is 2.30. The Balaban J connectivity index is 1.77. The highest BCUT2D eigenvalue weighted by molar-refractivity contribution is 5.77. The normalized spacial score (nSPS) is 27.9. The molecule has 19 heavy (non-hydrogen) atoms. The summed E-state index contributed by atoms with van der Waals surface area (Å²) in [5, 5.41) is 3.38. The number of urea groups is 1. The zero-order valence-corrected chi connectivity index (χ0v) is 11.2. The number of amides is 2. The molecule has 2 unspecified atom stereocenters. The van der Waals surface area contributed by atoms with E-state index < -0.39 is 0 Å². The molecule has 0 bridgehead atoms. The molecule has 1 aromatic heterocycles. The van der Waals surface area contributed by atoms with Crippen molar-refractivity contribution in [1.82, 2.24) is 20.1 Å². The van der Waals surface area contributed by atoms with E-state index in [0.717, 1.165) is 38.0 Å². The highest BCUT2D eigenvalue weighted by Gasteiger charge is 2.39. The van der Waals surface area contributed by atoms with Gasteiger partial charge in [0.1, 0.15) is 0 Å². The van der Waals surface area contributed by atoms with E-state index in [1.807, 2.05) is 35.2 Å². The van der Waals surface area contributed by atoms with E-state index in [1.54, 1.807) is 6.20 Å². The molecule has 0 radical (unpaired) electrons. The number of piperidine rings is 1. The molecule has 1 aromatic rings. The van der Waals surface area contributed by atoms with Crippen LogP contribution < -0.4 is 5.32 Å². The number of hydrogen-bond donors (Lipinski definition) is 1. The predicted octanol–water partition coefficient (Wildman–Crippen LogP) is 1.24. The van der Waals surface area contributed by atoms with Crippen molar-refractivity contribution in [3.8, 4) is 0 Å². The summed E-state index contributed by atoms with van der Waals surface area (Å²) in [6.07, 6.45) is 5.88. The molecule has 3 rings (SSSR count). The molecular weight excluding hydrogens is 240 g/mol. The minimum absolute atomic E-state index is 0.128. The predicted molar refractivity (Wildman–Crippen MR) is 72.7 cm³/mol. The van der Waals surface area contributed by atoms with Crippen molar-refractivity contribution in [1.29, 1.82) is 0 Å². The van der Waals surface area contributed by atoms with E-state index in [0.29, 0.717) is 6.04 Å². The quantitative estimate of drug-likeness (QED) is 0.870.